The molecular weight excluding hydrogens is 182 g/mol. The van der Waals surface area contributed by atoms with Crippen molar-refractivity contribution in [3.05, 3.63) is 0 Å². The van der Waals surface area contributed by atoms with Crippen molar-refractivity contribution < 1.29 is 14.9 Å². The molecule has 0 amide bonds. The van der Waals surface area contributed by atoms with Gasteiger partial charge in [-0.1, -0.05) is 0 Å². The van der Waals surface area contributed by atoms with E-state index in [9.17, 15) is 5.11 Å². The van der Waals surface area contributed by atoms with Crippen LogP contribution in [0.2, 0.25) is 0 Å². The average Bonchev–Trinajstić information content (AvgIpc) is 2.12. The van der Waals surface area contributed by atoms with E-state index < -0.39 is 6.10 Å². The molecule has 1 saturated heterocycles. The van der Waals surface area contributed by atoms with Crippen molar-refractivity contribution >= 4 is 0 Å². The predicted octanol–water partition coefficient (Wildman–Crippen LogP) is -0.113. The van der Waals surface area contributed by atoms with Gasteiger partial charge in [0.15, 0.2) is 0 Å². The lowest BCUT2D eigenvalue weighted by molar-refractivity contribution is -0.0642. The Morgan fingerprint density at radius 3 is 2.86 bits per heavy atom. The molecule has 84 valence electrons. The maximum Gasteiger partial charge on any atom is 0.0895 e. The molecule has 2 atom stereocenters. The minimum absolute atomic E-state index is 0.0694. The fourth-order valence-corrected chi connectivity index (χ4v) is 1.77. The van der Waals surface area contributed by atoms with Crippen molar-refractivity contribution in [2.24, 2.45) is 0 Å². The van der Waals surface area contributed by atoms with E-state index in [2.05, 4.69) is 19.2 Å². The molecule has 0 radical (unpaired) electrons. The van der Waals surface area contributed by atoms with Crippen LogP contribution in [0.3, 0.4) is 0 Å². The van der Waals surface area contributed by atoms with E-state index in [1.54, 1.807) is 0 Å². The molecule has 0 spiro atoms. The third kappa shape index (κ3) is 3.92. The lowest BCUT2D eigenvalue weighted by Gasteiger charge is -2.36. The van der Waals surface area contributed by atoms with Gasteiger partial charge in [0.1, 0.15) is 0 Å². The summed E-state index contributed by atoms with van der Waals surface area (Å²) >= 11 is 0. The lowest BCUT2D eigenvalue weighted by atomic mass is 9.94. The smallest absolute Gasteiger partial charge is 0.0895 e. The first-order valence-electron chi connectivity index (χ1n) is 5.20. The largest absolute Gasteiger partial charge is 0.394 e. The van der Waals surface area contributed by atoms with Crippen LogP contribution in [0, 0.1) is 0 Å². The Balaban J connectivity index is 2.24. The van der Waals surface area contributed by atoms with Gasteiger partial charge in [-0.3, -0.25) is 0 Å². The van der Waals surface area contributed by atoms with Gasteiger partial charge in [-0.15, -0.1) is 0 Å². The van der Waals surface area contributed by atoms with Gasteiger partial charge >= 0.3 is 0 Å². The summed E-state index contributed by atoms with van der Waals surface area (Å²) in [5.74, 6) is 0. The first-order chi connectivity index (χ1) is 6.53. The number of hydrogen-bond donors (Lipinski definition) is 3. The molecule has 3 N–H and O–H groups in total. The summed E-state index contributed by atoms with van der Waals surface area (Å²) in [5.41, 5.74) is -0.0694. The third-order valence-electron chi connectivity index (χ3n) is 2.55. The summed E-state index contributed by atoms with van der Waals surface area (Å²) in [5, 5.41) is 21.1. The molecule has 4 heteroatoms. The molecule has 0 aromatic rings. The minimum Gasteiger partial charge on any atom is -0.394 e. The van der Waals surface area contributed by atoms with Gasteiger partial charge in [0.2, 0.25) is 0 Å². The number of nitrogens with one attached hydrogen (secondary N) is 1. The van der Waals surface area contributed by atoms with Crippen LogP contribution in [0.15, 0.2) is 0 Å². The maximum absolute atomic E-state index is 9.17. The third-order valence-corrected chi connectivity index (χ3v) is 2.55. The van der Waals surface area contributed by atoms with Crippen molar-refractivity contribution in [2.75, 3.05) is 19.8 Å². The van der Waals surface area contributed by atoms with Gasteiger partial charge in [0, 0.05) is 19.2 Å². The van der Waals surface area contributed by atoms with Crippen LogP contribution in [0.5, 0.6) is 0 Å². The first kappa shape index (κ1) is 11.9. The highest BCUT2D eigenvalue weighted by Gasteiger charge is 2.28. The van der Waals surface area contributed by atoms with Gasteiger partial charge < -0.3 is 20.3 Å². The van der Waals surface area contributed by atoms with Crippen LogP contribution in [0.4, 0.5) is 0 Å². The Morgan fingerprint density at radius 2 is 2.29 bits per heavy atom. The van der Waals surface area contributed by atoms with E-state index in [1.165, 1.54) is 0 Å². The molecule has 1 heterocycles. The number of ether oxygens (including phenoxy) is 1. The van der Waals surface area contributed by atoms with Gasteiger partial charge in [0.05, 0.1) is 18.3 Å². The van der Waals surface area contributed by atoms with Gasteiger partial charge in [-0.25, -0.2) is 0 Å². The van der Waals surface area contributed by atoms with Gasteiger partial charge in [-0.05, 0) is 26.7 Å². The predicted molar refractivity (Wildman–Crippen MR) is 54.1 cm³/mol. The van der Waals surface area contributed by atoms with E-state index in [4.69, 9.17) is 9.84 Å². The molecular formula is C10H21NO3. The van der Waals surface area contributed by atoms with E-state index in [1.807, 2.05) is 0 Å². The Morgan fingerprint density at radius 1 is 1.57 bits per heavy atom. The SMILES string of the molecule is CC1(C)CC(NCC(O)CO)CCO1. The zero-order valence-electron chi connectivity index (χ0n) is 8.99. The Kier molecular flexibility index (Phi) is 4.31. The van der Waals surface area contributed by atoms with Crippen LogP contribution in [0.25, 0.3) is 0 Å². The van der Waals surface area contributed by atoms with Crippen molar-refractivity contribution in [3.63, 3.8) is 0 Å². The summed E-state index contributed by atoms with van der Waals surface area (Å²) in [6.07, 6.45) is 1.27. The Labute approximate surface area is 85.3 Å². The van der Waals surface area contributed by atoms with E-state index in [0.717, 1.165) is 19.4 Å². The molecule has 0 aliphatic carbocycles. The van der Waals surface area contributed by atoms with Crippen LogP contribution in [-0.2, 0) is 4.74 Å². The number of rotatable bonds is 4. The molecule has 0 aromatic heterocycles. The average molecular weight is 203 g/mol. The second-order valence-electron chi connectivity index (χ2n) is 4.54. The van der Waals surface area contributed by atoms with Crippen molar-refractivity contribution in [3.8, 4) is 0 Å². The highest BCUT2D eigenvalue weighted by molar-refractivity contribution is 4.83. The normalized spacial score (nSPS) is 28.7. The van der Waals surface area contributed by atoms with Crippen LogP contribution in [0.1, 0.15) is 26.7 Å². The van der Waals surface area contributed by atoms with Crippen LogP contribution >= 0.6 is 0 Å². The first-order valence-corrected chi connectivity index (χ1v) is 5.20. The minimum atomic E-state index is -0.652. The zero-order valence-corrected chi connectivity index (χ0v) is 8.99. The number of aliphatic hydroxyl groups is 2. The van der Waals surface area contributed by atoms with Gasteiger partial charge in [-0.2, -0.15) is 0 Å². The quantitative estimate of drug-likeness (QED) is 0.596. The molecule has 0 aromatic carbocycles. The molecule has 4 nitrogen and oxygen atoms in total. The van der Waals surface area contributed by atoms with Crippen molar-refractivity contribution in [1.29, 1.82) is 0 Å². The molecule has 2 unspecified atom stereocenters. The summed E-state index contributed by atoms with van der Waals surface area (Å²) in [7, 11) is 0. The second kappa shape index (κ2) is 5.07. The monoisotopic (exact) mass is 203 g/mol. The fraction of sp³-hybridized carbons (Fsp3) is 1.00. The highest BCUT2D eigenvalue weighted by atomic mass is 16.5. The topological polar surface area (TPSA) is 61.7 Å². The van der Waals surface area contributed by atoms with Crippen molar-refractivity contribution in [2.45, 2.75) is 44.4 Å². The van der Waals surface area contributed by atoms with Crippen LogP contribution in [-0.4, -0.2) is 47.7 Å². The summed E-state index contributed by atoms with van der Waals surface area (Å²) in [6.45, 7) is 5.18. The number of hydrogen-bond acceptors (Lipinski definition) is 4. The maximum atomic E-state index is 9.17. The molecule has 1 aliphatic heterocycles. The molecule has 0 bridgehead atoms. The lowest BCUT2D eigenvalue weighted by Crippen LogP contribution is -2.46. The second-order valence-corrected chi connectivity index (χ2v) is 4.54. The molecule has 1 fully saturated rings. The van der Waals surface area contributed by atoms with E-state index in [0.29, 0.717) is 12.6 Å². The molecule has 1 rings (SSSR count). The molecule has 1 aliphatic rings. The van der Waals surface area contributed by atoms with E-state index >= 15 is 0 Å². The summed E-state index contributed by atoms with van der Waals surface area (Å²) in [6, 6.07) is 0.389. The van der Waals surface area contributed by atoms with Gasteiger partial charge in [0.25, 0.3) is 0 Å². The summed E-state index contributed by atoms with van der Waals surface area (Å²) < 4.78 is 5.58. The molecule has 14 heavy (non-hydrogen) atoms. The highest BCUT2D eigenvalue weighted by Crippen LogP contribution is 2.23. The van der Waals surface area contributed by atoms with Crippen LogP contribution < -0.4 is 5.32 Å². The standard InChI is InChI=1S/C10H21NO3/c1-10(2)5-8(3-4-14-10)11-6-9(13)7-12/h8-9,11-13H,3-7H2,1-2H3. The fourth-order valence-electron chi connectivity index (χ4n) is 1.77. The van der Waals surface area contributed by atoms with E-state index in [-0.39, 0.29) is 12.2 Å². The molecule has 0 saturated carbocycles. The summed E-state index contributed by atoms with van der Waals surface area (Å²) in [4.78, 5) is 0. The van der Waals surface area contributed by atoms with Crippen molar-refractivity contribution in [1.82, 2.24) is 5.32 Å². The Hall–Kier alpha value is -0.160. The number of aliphatic hydroxyl groups excluding tert-OH is 2. The Bertz CT molecular complexity index is 173. The zero-order chi connectivity index (χ0) is 10.6.